The number of amides is 1. The summed E-state index contributed by atoms with van der Waals surface area (Å²) in [6.07, 6.45) is -2.31. The van der Waals surface area contributed by atoms with Crippen molar-refractivity contribution in [2.24, 2.45) is 5.41 Å². The van der Waals surface area contributed by atoms with Crippen molar-refractivity contribution in [1.29, 1.82) is 0 Å². The molecule has 2 N–H and O–H groups in total. The summed E-state index contributed by atoms with van der Waals surface area (Å²) in [6.45, 7) is 0.0728. The third-order valence-corrected chi connectivity index (χ3v) is 4.57. The summed E-state index contributed by atoms with van der Waals surface area (Å²) in [4.78, 5) is 12.2. The second-order valence-corrected chi connectivity index (χ2v) is 6.37. The second-order valence-electron chi connectivity index (χ2n) is 6.37. The molecule has 4 nitrogen and oxygen atoms in total. The van der Waals surface area contributed by atoms with Crippen LogP contribution in [-0.2, 0) is 15.7 Å². The molecule has 1 saturated heterocycles. The molecular formula is C16H18F3NO3. The first-order valence-electron chi connectivity index (χ1n) is 7.53. The number of carbonyl (C=O) groups excluding carboxylic acids is 1. The van der Waals surface area contributed by atoms with E-state index in [4.69, 9.17) is 4.74 Å². The number of nitrogens with one attached hydrogen (secondary N) is 1. The zero-order valence-electron chi connectivity index (χ0n) is 12.4. The highest BCUT2D eigenvalue weighted by Gasteiger charge is 2.51. The topological polar surface area (TPSA) is 58.6 Å². The van der Waals surface area contributed by atoms with Crippen molar-refractivity contribution in [2.45, 2.75) is 37.6 Å². The van der Waals surface area contributed by atoms with Gasteiger partial charge in [0.25, 0.3) is 0 Å². The minimum Gasteiger partial charge on any atom is -0.394 e. The Labute approximate surface area is 131 Å². The van der Waals surface area contributed by atoms with Crippen LogP contribution in [0.3, 0.4) is 0 Å². The zero-order chi connectivity index (χ0) is 16.7. The SMILES string of the molecule is O=C(NC(CO)c1cccc(C(F)(F)F)c1)C1CC2(CC2)CO1. The van der Waals surface area contributed by atoms with Gasteiger partial charge in [0, 0.05) is 0 Å². The van der Waals surface area contributed by atoms with Crippen LogP contribution in [0.15, 0.2) is 24.3 Å². The van der Waals surface area contributed by atoms with Gasteiger partial charge < -0.3 is 15.2 Å². The van der Waals surface area contributed by atoms with Gasteiger partial charge in [-0.15, -0.1) is 0 Å². The van der Waals surface area contributed by atoms with E-state index in [0.29, 0.717) is 13.0 Å². The minimum absolute atomic E-state index is 0.132. The summed E-state index contributed by atoms with van der Waals surface area (Å²) >= 11 is 0. The lowest BCUT2D eigenvalue weighted by Gasteiger charge is -2.20. The Kier molecular flexibility index (Phi) is 4.10. The van der Waals surface area contributed by atoms with E-state index in [-0.39, 0.29) is 16.9 Å². The number of halogens is 3. The summed E-state index contributed by atoms with van der Waals surface area (Å²) < 4.78 is 43.8. The number of alkyl halides is 3. The molecule has 1 aliphatic heterocycles. The Morgan fingerprint density at radius 1 is 1.43 bits per heavy atom. The molecule has 1 aliphatic carbocycles. The monoisotopic (exact) mass is 329 g/mol. The third-order valence-electron chi connectivity index (χ3n) is 4.57. The summed E-state index contributed by atoms with van der Waals surface area (Å²) in [5, 5.41) is 12.0. The van der Waals surface area contributed by atoms with Gasteiger partial charge in [0.15, 0.2) is 0 Å². The molecule has 0 aromatic heterocycles. The van der Waals surface area contributed by atoms with Gasteiger partial charge in [0.05, 0.1) is 24.8 Å². The Morgan fingerprint density at radius 2 is 2.17 bits per heavy atom. The molecule has 1 amide bonds. The molecule has 1 spiro atoms. The van der Waals surface area contributed by atoms with Crippen LogP contribution in [0.25, 0.3) is 0 Å². The predicted molar refractivity (Wildman–Crippen MR) is 75.4 cm³/mol. The predicted octanol–water partition coefficient (Wildman–Crippen LogP) is 2.42. The van der Waals surface area contributed by atoms with Crippen LogP contribution in [0.5, 0.6) is 0 Å². The molecule has 0 bridgehead atoms. The van der Waals surface area contributed by atoms with Gasteiger partial charge in [-0.05, 0) is 42.4 Å². The van der Waals surface area contributed by atoms with Gasteiger partial charge in [-0.1, -0.05) is 12.1 Å². The van der Waals surface area contributed by atoms with E-state index < -0.39 is 30.5 Å². The first kappa shape index (κ1) is 16.3. The van der Waals surface area contributed by atoms with Crippen molar-refractivity contribution in [3.05, 3.63) is 35.4 Å². The maximum absolute atomic E-state index is 12.8. The number of hydrogen-bond donors (Lipinski definition) is 2. The minimum atomic E-state index is -4.47. The molecule has 7 heteroatoms. The molecule has 1 aromatic rings. The fourth-order valence-electron chi connectivity index (χ4n) is 2.91. The Bertz CT molecular complexity index is 598. The first-order valence-corrected chi connectivity index (χ1v) is 7.53. The lowest BCUT2D eigenvalue weighted by atomic mass is 10.0. The van der Waals surface area contributed by atoms with E-state index >= 15 is 0 Å². The van der Waals surface area contributed by atoms with E-state index in [0.717, 1.165) is 25.0 Å². The highest BCUT2D eigenvalue weighted by atomic mass is 19.4. The van der Waals surface area contributed by atoms with E-state index in [1.165, 1.54) is 12.1 Å². The van der Waals surface area contributed by atoms with Crippen LogP contribution in [0.2, 0.25) is 0 Å². The van der Waals surface area contributed by atoms with Crippen LogP contribution in [0, 0.1) is 5.41 Å². The number of rotatable bonds is 4. The molecular weight excluding hydrogens is 311 g/mol. The molecule has 1 heterocycles. The Hall–Kier alpha value is -1.60. The Balaban J connectivity index is 1.69. The highest BCUT2D eigenvalue weighted by molar-refractivity contribution is 5.81. The van der Waals surface area contributed by atoms with E-state index in [1.54, 1.807) is 0 Å². The quantitative estimate of drug-likeness (QED) is 0.892. The van der Waals surface area contributed by atoms with Gasteiger partial charge in [0.1, 0.15) is 6.10 Å². The number of carbonyl (C=O) groups is 1. The highest BCUT2D eigenvalue weighted by Crippen LogP contribution is 2.53. The number of aliphatic hydroxyl groups is 1. The molecule has 2 atom stereocenters. The van der Waals surface area contributed by atoms with Gasteiger partial charge >= 0.3 is 6.18 Å². The molecule has 23 heavy (non-hydrogen) atoms. The molecule has 2 unspecified atom stereocenters. The van der Waals surface area contributed by atoms with Gasteiger partial charge in [0.2, 0.25) is 5.91 Å². The number of ether oxygens (including phenoxy) is 1. The van der Waals surface area contributed by atoms with Crippen molar-refractivity contribution in [2.75, 3.05) is 13.2 Å². The van der Waals surface area contributed by atoms with E-state index in [9.17, 15) is 23.1 Å². The number of hydrogen-bond acceptors (Lipinski definition) is 3. The molecule has 1 aromatic carbocycles. The van der Waals surface area contributed by atoms with Crippen molar-refractivity contribution >= 4 is 5.91 Å². The average Bonchev–Trinajstić information content (AvgIpc) is 3.13. The smallest absolute Gasteiger partial charge is 0.394 e. The third kappa shape index (κ3) is 3.50. The van der Waals surface area contributed by atoms with Crippen LogP contribution in [0.4, 0.5) is 13.2 Å². The number of benzene rings is 1. The average molecular weight is 329 g/mol. The van der Waals surface area contributed by atoms with Crippen LogP contribution >= 0.6 is 0 Å². The molecule has 3 rings (SSSR count). The lowest BCUT2D eigenvalue weighted by Crippen LogP contribution is -2.38. The molecule has 2 fully saturated rings. The van der Waals surface area contributed by atoms with Gasteiger partial charge in [-0.2, -0.15) is 13.2 Å². The Morgan fingerprint density at radius 3 is 2.74 bits per heavy atom. The number of aliphatic hydroxyl groups excluding tert-OH is 1. The normalized spacial score (nSPS) is 23.7. The van der Waals surface area contributed by atoms with Crippen LogP contribution in [0.1, 0.15) is 36.4 Å². The van der Waals surface area contributed by atoms with Gasteiger partial charge in [-0.3, -0.25) is 4.79 Å². The summed E-state index contributed by atoms with van der Waals surface area (Å²) in [5.74, 6) is -0.384. The summed E-state index contributed by atoms with van der Waals surface area (Å²) in [7, 11) is 0. The van der Waals surface area contributed by atoms with E-state index in [1.807, 2.05) is 0 Å². The summed E-state index contributed by atoms with van der Waals surface area (Å²) in [5.41, 5.74) is -0.459. The molecule has 2 aliphatic rings. The standard InChI is InChI=1S/C16H18F3NO3/c17-16(18,19)11-3-1-2-10(6-11)12(8-21)20-14(22)13-7-15(4-5-15)9-23-13/h1-3,6,12-13,21H,4-5,7-9H2,(H,20,22). The maximum Gasteiger partial charge on any atom is 0.416 e. The lowest BCUT2D eigenvalue weighted by molar-refractivity contribution is -0.137. The largest absolute Gasteiger partial charge is 0.416 e. The van der Waals surface area contributed by atoms with Crippen molar-refractivity contribution in [3.8, 4) is 0 Å². The summed E-state index contributed by atoms with van der Waals surface area (Å²) in [6, 6.07) is 3.73. The van der Waals surface area contributed by atoms with Crippen LogP contribution in [-0.4, -0.2) is 30.3 Å². The fourth-order valence-corrected chi connectivity index (χ4v) is 2.91. The van der Waals surface area contributed by atoms with Crippen molar-refractivity contribution in [1.82, 2.24) is 5.32 Å². The van der Waals surface area contributed by atoms with Gasteiger partial charge in [-0.25, -0.2) is 0 Å². The second kappa shape index (κ2) is 5.79. The molecule has 126 valence electrons. The fraction of sp³-hybridized carbons (Fsp3) is 0.562. The zero-order valence-corrected chi connectivity index (χ0v) is 12.4. The molecule has 0 radical (unpaired) electrons. The van der Waals surface area contributed by atoms with Crippen molar-refractivity contribution in [3.63, 3.8) is 0 Å². The maximum atomic E-state index is 12.8. The van der Waals surface area contributed by atoms with Crippen LogP contribution < -0.4 is 5.32 Å². The molecule has 1 saturated carbocycles. The van der Waals surface area contributed by atoms with Crippen molar-refractivity contribution < 1.29 is 27.8 Å². The first-order chi connectivity index (χ1) is 10.8. The van der Waals surface area contributed by atoms with E-state index in [2.05, 4.69) is 5.32 Å².